The van der Waals surface area contributed by atoms with E-state index in [4.69, 9.17) is 28.1 Å². The number of fused-ring (bicyclic) bond motifs is 3. The van der Waals surface area contributed by atoms with E-state index in [-0.39, 0.29) is 24.4 Å². The summed E-state index contributed by atoms with van der Waals surface area (Å²) in [6.07, 6.45) is 3.98. The van der Waals surface area contributed by atoms with Crippen LogP contribution >= 0.6 is 0 Å². The second kappa shape index (κ2) is 8.17. The summed E-state index contributed by atoms with van der Waals surface area (Å²) in [7, 11) is 1.58. The van der Waals surface area contributed by atoms with E-state index in [0.717, 1.165) is 18.4 Å². The van der Waals surface area contributed by atoms with Crippen LogP contribution in [0, 0.1) is 22.7 Å². The molecule has 2 aliphatic carbocycles. The Morgan fingerprint density at radius 2 is 2.00 bits per heavy atom. The van der Waals surface area contributed by atoms with E-state index >= 15 is 0 Å². The maximum absolute atomic E-state index is 14.1. The van der Waals surface area contributed by atoms with Crippen molar-refractivity contribution >= 4 is 17.7 Å². The molecular weight excluding hydrogens is 444 g/mol. The third-order valence-corrected chi connectivity index (χ3v) is 8.84. The van der Waals surface area contributed by atoms with E-state index in [9.17, 15) is 14.4 Å². The Bertz CT molecular complexity index is 967. The van der Waals surface area contributed by atoms with E-state index < -0.39 is 46.7 Å². The molecule has 4 fully saturated rings. The van der Waals surface area contributed by atoms with Crippen LogP contribution in [0.1, 0.15) is 58.1 Å². The molecule has 9 nitrogen and oxygen atoms in total. The van der Waals surface area contributed by atoms with Crippen LogP contribution in [-0.2, 0) is 38.1 Å². The minimum Gasteiger partial charge on any atom is -0.472 e. The molecule has 2 spiro atoms. The minimum atomic E-state index is -1.08. The van der Waals surface area contributed by atoms with Gasteiger partial charge in [-0.3, -0.25) is 14.4 Å². The minimum absolute atomic E-state index is 0.0715. The second-order valence-electron chi connectivity index (χ2n) is 10.2. The Labute approximate surface area is 198 Å². The number of furan rings is 1. The van der Waals surface area contributed by atoms with Crippen LogP contribution in [-0.4, -0.2) is 56.0 Å². The fraction of sp³-hybridized carbons (Fsp3) is 0.720. The summed E-state index contributed by atoms with van der Waals surface area (Å²) < 4.78 is 35.1. The fourth-order valence-electron chi connectivity index (χ4n) is 7.33. The molecule has 2 aliphatic heterocycles. The van der Waals surface area contributed by atoms with Gasteiger partial charge in [0.25, 0.3) is 0 Å². The quantitative estimate of drug-likeness (QED) is 0.467. The third kappa shape index (κ3) is 3.13. The van der Waals surface area contributed by atoms with Crippen molar-refractivity contribution in [3.05, 3.63) is 24.2 Å². The fourth-order valence-corrected chi connectivity index (χ4v) is 7.33. The average molecular weight is 477 g/mol. The molecule has 0 radical (unpaired) electrons. The van der Waals surface area contributed by atoms with Crippen LogP contribution in [0.15, 0.2) is 23.0 Å². The Morgan fingerprint density at radius 1 is 1.24 bits per heavy atom. The first-order chi connectivity index (χ1) is 16.2. The highest BCUT2D eigenvalue weighted by Gasteiger charge is 2.80. The lowest BCUT2D eigenvalue weighted by atomic mass is 9.42. The van der Waals surface area contributed by atoms with Gasteiger partial charge in [-0.25, -0.2) is 0 Å². The van der Waals surface area contributed by atoms with Crippen molar-refractivity contribution in [2.75, 3.05) is 20.3 Å². The lowest BCUT2D eigenvalue weighted by Gasteiger charge is -2.62. The van der Waals surface area contributed by atoms with Crippen LogP contribution in [0.4, 0.5) is 0 Å². The monoisotopic (exact) mass is 476 g/mol. The molecule has 0 N–H and O–H groups in total. The molecule has 1 aromatic rings. The van der Waals surface area contributed by atoms with Gasteiger partial charge in [-0.1, -0.05) is 13.3 Å². The average Bonchev–Trinajstić information content (AvgIpc) is 3.23. The molecular formula is C25H32O9. The molecule has 2 saturated heterocycles. The highest BCUT2D eigenvalue weighted by Crippen LogP contribution is 2.71. The number of ether oxygens (including phenoxy) is 5. The molecule has 1 aromatic heterocycles. The summed E-state index contributed by atoms with van der Waals surface area (Å²) in [5.41, 5.74) is -1.60. The lowest BCUT2D eigenvalue weighted by Crippen LogP contribution is -2.72. The molecule has 0 aromatic carbocycles. The molecule has 4 aliphatic rings. The van der Waals surface area contributed by atoms with E-state index in [0.29, 0.717) is 19.4 Å². The van der Waals surface area contributed by atoms with Gasteiger partial charge < -0.3 is 28.1 Å². The first-order valence-corrected chi connectivity index (χ1v) is 11.9. The molecule has 186 valence electrons. The number of hydrogen-bond donors (Lipinski definition) is 0. The highest BCUT2D eigenvalue weighted by molar-refractivity contribution is 5.90. The molecule has 8 atom stereocenters. The van der Waals surface area contributed by atoms with Gasteiger partial charge in [0.2, 0.25) is 0 Å². The van der Waals surface area contributed by atoms with Gasteiger partial charge in [0.15, 0.2) is 18.2 Å². The summed E-state index contributed by atoms with van der Waals surface area (Å²) in [5, 5.41) is 0. The van der Waals surface area contributed by atoms with E-state index in [2.05, 4.69) is 0 Å². The maximum atomic E-state index is 14.1. The van der Waals surface area contributed by atoms with Gasteiger partial charge in [-0.2, -0.15) is 0 Å². The standard InChI is InChI=1S/C25H32O9/c1-14-20(28)21(33-16(3)27)25(13-31-15(2)26)19(6-5-8-23(25)12-32-23)24(14)10-18(34-22(24)29-4)17-7-9-30-11-17/h7,9,11,14,18-19,21-22H,5-6,8,10,12-13H2,1-4H3/t14-,18-,19-,21+,22-,23+,24-,25+/m1/s1. The molecule has 3 heterocycles. The van der Waals surface area contributed by atoms with Crippen molar-refractivity contribution in [1.82, 2.24) is 0 Å². The number of hydrogen-bond acceptors (Lipinski definition) is 9. The maximum Gasteiger partial charge on any atom is 0.303 e. The number of rotatable bonds is 5. The zero-order valence-corrected chi connectivity index (χ0v) is 20.0. The van der Waals surface area contributed by atoms with Crippen LogP contribution in [0.5, 0.6) is 0 Å². The van der Waals surface area contributed by atoms with E-state index in [1.165, 1.54) is 13.8 Å². The van der Waals surface area contributed by atoms with Gasteiger partial charge in [-0.05, 0) is 31.2 Å². The van der Waals surface area contributed by atoms with Gasteiger partial charge >= 0.3 is 11.9 Å². The Morgan fingerprint density at radius 3 is 2.59 bits per heavy atom. The molecule has 34 heavy (non-hydrogen) atoms. The first-order valence-electron chi connectivity index (χ1n) is 11.9. The molecule has 2 saturated carbocycles. The number of carbonyl (C=O) groups excluding carboxylic acids is 3. The summed E-state index contributed by atoms with van der Waals surface area (Å²) >= 11 is 0. The Hall–Kier alpha value is -2.23. The lowest BCUT2D eigenvalue weighted by molar-refractivity contribution is -0.258. The summed E-state index contributed by atoms with van der Waals surface area (Å²) in [6, 6.07) is 1.85. The number of carbonyl (C=O) groups is 3. The molecule has 0 amide bonds. The largest absolute Gasteiger partial charge is 0.472 e. The predicted molar refractivity (Wildman–Crippen MR) is 115 cm³/mol. The van der Waals surface area contributed by atoms with E-state index in [1.54, 1.807) is 19.6 Å². The smallest absolute Gasteiger partial charge is 0.303 e. The van der Waals surface area contributed by atoms with E-state index in [1.807, 2.05) is 13.0 Å². The van der Waals surface area contributed by atoms with Crippen LogP contribution in [0.3, 0.4) is 0 Å². The zero-order chi connectivity index (χ0) is 24.3. The van der Waals surface area contributed by atoms with Crippen LogP contribution < -0.4 is 0 Å². The number of Topliss-reactive ketones (excluding diaryl/α,β-unsaturated/α-hetero) is 1. The van der Waals surface area contributed by atoms with Crippen LogP contribution in [0.2, 0.25) is 0 Å². The first kappa shape index (κ1) is 23.5. The summed E-state index contributed by atoms with van der Waals surface area (Å²) in [5.74, 6) is -1.96. The van der Waals surface area contributed by atoms with Crippen molar-refractivity contribution in [3.8, 4) is 0 Å². The van der Waals surface area contributed by atoms with Gasteiger partial charge in [-0.15, -0.1) is 0 Å². The van der Waals surface area contributed by atoms with Crippen molar-refractivity contribution in [1.29, 1.82) is 0 Å². The normalized spacial score (nSPS) is 43.1. The SMILES string of the molecule is CO[C@@H]1O[C@@H](c2ccoc2)C[C@]12[C@H](C)C(=O)[C@H](OC(C)=O)[C@]1(COC(C)=O)[C@@H]2CCC[C@]12CO2. The summed E-state index contributed by atoms with van der Waals surface area (Å²) in [6.45, 7) is 4.86. The van der Waals surface area contributed by atoms with Gasteiger partial charge in [0.1, 0.15) is 12.2 Å². The zero-order valence-electron chi connectivity index (χ0n) is 20.0. The van der Waals surface area contributed by atoms with Crippen LogP contribution in [0.25, 0.3) is 0 Å². The van der Waals surface area contributed by atoms with Crippen molar-refractivity contribution < 1.29 is 42.5 Å². The number of ketones is 1. The number of methoxy groups -OCH3 is 1. The number of epoxide rings is 1. The Kier molecular flexibility index (Phi) is 5.65. The second-order valence-corrected chi connectivity index (χ2v) is 10.2. The number of esters is 2. The third-order valence-electron chi connectivity index (χ3n) is 8.84. The van der Waals surface area contributed by atoms with Crippen molar-refractivity contribution in [3.63, 3.8) is 0 Å². The van der Waals surface area contributed by atoms with Gasteiger partial charge in [0.05, 0.1) is 30.7 Å². The predicted octanol–water partition coefficient (Wildman–Crippen LogP) is 2.97. The highest BCUT2D eigenvalue weighted by atomic mass is 16.7. The molecule has 0 unspecified atom stereocenters. The van der Waals surface area contributed by atoms with Gasteiger partial charge in [0, 0.05) is 37.9 Å². The molecule has 5 rings (SSSR count). The van der Waals surface area contributed by atoms with Crippen molar-refractivity contribution in [2.45, 2.75) is 70.6 Å². The summed E-state index contributed by atoms with van der Waals surface area (Å²) in [4.78, 5) is 38.3. The Balaban J connectivity index is 1.68. The topological polar surface area (TPSA) is 114 Å². The molecule has 9 heteroatoms. The molecule has 0 bridgehead atoms. The van der Waals surface area contributed by atoms with Crippen molar-refractivity contribution in [2.24, 2.45) is 22.7 Å².